The van der Waals surface area contributed by atoms with Crippen molar-refractivity contribution in [2.75, 3.05) is 0 Å². The molecule has 0 aliphatic rings. The number of hydrogen-bond donors (Lipinski definition) is 0. The molecule has 0 saturated carbocycles. The lowest BCUT2D eigenvalue weighted by Crippen LogP contribution is -1.91. The van der Waals surface area contributed by atoms with Gasteiger partial charge >= 0.3 is 0 Å². The van der Waals surface area contributed by atoms with Gasteiger partial charge in [-0.2, -0.15) is 0 Å². The molecule has 0 nitrogen and oxygen atoms in total. The van der Waals surface area contributed by atoms with Gasteiger partial charge in [-0.25, -0.2) is 0 Å². The summed E-state index contributed by atoms with van der Waals surface area (Å²) < 4.78 is 0. The minimum absolute atomic E-state index is 1.35. The first-order chi connectivity index (χ1) is 11.2. The van der Waals surface area contributed by atoms with Crippen molar-refractivity contribution >= 4 is 43.1 Å². The van der Waals surface area contributed by atoms with Crippen molar-refractivity contribution in [2.45, 2.75) is 20.8 Å². The summed E-state index contributed by atoms with van der Waals surface area (Å²) in [4.78, 5) is 0. The summed E-state index contributed by atoms with van der Waals surface area (Å²) in [5.74, 6) is 0. The van der Waals surface area contributed by atoms with Crippen LogP contribution in [-0.4, -0.2) is 0 Å². The van der Waals surface area contributed by atoms with Crippen molar-refractivity contribution < 1.29 is 0 Å². The highest BCUT2D eigenvalue weighted by molar-refractivity contribution is 6.33. The van der Waals surface area contributed by atoms with Crippen LogP contribution < -0.4 is 0 Å². The van der Waals surface area contributed by atoms with E-state index < -0.39 is 0 Å². The lowest BCUT2D eigenvalue weighted by atomic mass is 9.86. The maximum Gasteiger partial charge on any atom is -0.00235 e. The average Bonchev–Trinajstić information content (AvgIpc) is 2.58. The molecule has 0 aromatic heterocycles. The smallest absolute Gasteiger partial charge is 0.00235 e. The third kappa shape index (κ3) is 1.51. The van der Waals surface area contributed by atoms with E-state index in [4.69, 9.17) is 0 Å². The second kappa shape index (κ2) is 4.23. The molecule has 0 spiro atoms. The van der Waals surface area contributed by atoms with Gasteiger partial charge in [0, 0.05) is 0 Å². The molecule has 0 unspecified atom stereocenters. The van der Waals surface area contributed by atoms with Crippen LogP contribution in [0.25, 0.3) is 43.1 Å². The zero-order valence-electron chi connectivity index (χ0n) is 13.7. The van der Waals surface area contributed by atoms with Crippen LogP contribution >= 0.6 is 0 Å². The summed E-state index contributed by atoms with van der Waals surface area (Å²) >= 11 is 0. The first-order valence-electron chi connectivity index (χ1n) is 8.23. The van der Waals surface area contributed by atoms with Crippen LogP contribution in [-0.2, 0) is 0 Å². The van der Waals surface area contributed by atoms with E-state index in [0.717, 1.165) is 0 Å². The third-order valence-electron chi connectivity index (χ3n) is 5.53. The van der Waals surface area contributed by atoms with Crippen LogP contribution in [0.5, 0.6) is 0 Å². The Bertz CT molecular complexity index is 1230. The molecule has 0 aliphatic carbocycles. The third-order valence-corrected chi connectivity index (χ3v) is 5.53. The fraction of sp³-hybridized carbons (Fsp3) is 0.130. The minimum Gasteiger partial charge on any atom is -0.0610 e. The van der Waals surface area contributed by atoms with E-state index in [0.29, 0.717) is 0 Å². The average molecular weight is 294 g/mol. The molecule has 0 N–H and O–H groups in total. The molecule has 5 rings (SSSR count). The van der Waals surface area contributed by atoms with Crippen LogP contribution in [0.3, 0.4) is 0 Å². The molecule has 23 heavy (non-hydrogen) atoms. The van der Waals surface area contributed by atoms with Gasteiger partial charge in [0.2, 0.25) is 0 Å². The van der Waals surface area contributed by atoms with Gasteiger partial charge in [-0.3, -0.25) is 0 Å². The standard InChI is InChI=1S/C23H18/c1-13-10-11-20-18-8-5-7-17-15(3)14(2)12-21(23(17)18)19-9-4-6-16(13)22(19)20/h4-12H,1-3H3. The summed E-state index contributed by atoms with van der Waals surface area (Å²) in [6, 6.07) is 20.4. The van der Waals surface area contributed by atoms with E-state index in [1.807, 2.05) is 0 Å². The molecule has 0 radical (unpaired) electrons. The van der Waals surface area contributed by atoms with Crippen LogP contribution in [0.2, 0.25) is 0 Å². The van der Waals surface area contributed by atoms with Gasteiger partial charge < -0.3 is 0 Å². The van der Waals surface area contributed by atoms with E-state index in [2.05, 4.69) is 75.4 Å². The number of benzene rings is 5. The zero-order chi connectivity index (χ0) is 15.7. The molecule has 0 aliphatic heterocycles. The van der Waals surface area contributed by atoms with E-state index >= 15 is 0 Å². The fourth-order valence-electron chi connectivity index (χ4n) is 4.20. The maximum atomic E-state index is 2.38. The van der Waals surface area contributed by atoms with Crippen LogP contribution in [0, 0.1) is 20.8 Å². The molecular formula is C23H18. The minimum atomic E-state index is 1.35. The molecule has 5 aromatic rings. The highest BCUT2D eigenvalue weighted by Crippen LogP contribution is 2.42. The Hall–Kier alpha value is -2.60. The molecule has 0 saturated heterocycles. The lowest BCUT2D eigenvalue weighted by molar-refractivity contribution is 1.39. The van der Waals surface area contributed by atoms with Gasteiger partial charge in [-0.1, -0.05) is 54.6 Å². The Balaban J connectivity index is 2.27. The summed E-state index contributed by atoms with van der Waals surface area (Å²) in [5, 5.41) is 11.1. The number of rotatable bonds is 0. The molecule has 5 aromatic carbocycles. The normalized spacial score (nSPS) is 12.1. The zero-order valence-corrected chi connectivity index (χ0v) is 13.7. The lowest BCUT2D eigenvalue weighted by Gasteiger charge is -2.17. The van der Waals surface area contributed by atoms with Crippen LogP contribution in [0.4, 0.5) is 0 Å². The molecule has 0 fully saturated rings. The molecule has 0 amide bonds. The van der Waals surface area contributed by atoms with Crippen molar-refractivity contribution in [3.8, 4) is 0 Å². The Morgan fingerprint density at radius 2 is 1.04 bits per heavy atom. The van der Waals surface area contributed by atoms with E-state index in [-0.39, 0.29) is 0 Å². The van der Waals surface area contributed by atoms with E-state index in [1.54, 1.807) is 0 Å². The van der Waals surface area contributed by atoms with Crippen molar-refractivity contribution in [3.63, 3.8) is 0 Å². The number of fused-ring (bicyclic) bond motifs is 2. The van der Waals surface area contributed by atoms with Crippen LogP contribution in [0.15, 0.2) is 54.6 Å². The molecular weight excluding hydrogens is 276 g/mol. The SMILES string of the molecule is Cc1cc2c3cccc4c(C)ccc(c5cccc(c1C)c52)c43. The molecule has 110 valence electrons. The van der Waals surface area contributed by atoms with Crippen molar-refractivity contribution in [2.24, 2.45) is 0 Å². The molecule has 0 bridgehead atoms. The van der Waals surface area contributed by atoms with Crippen molar-refractivity contribution in [3.05, 3.63) is 71.3 Å². The predicted molar refractivity (Wildman–Crippen MR) is 102 cm³/mol. The van der Waals surface area contributed by atoms with Gasteiger partial charge in [0.1, 0.15) is 0 Å². The first kappa shape index (κ1) is 12.9. The topological polar surface area (TPSA) is 0 Å². The monoisotopic (exact) mass is 294 g/mol. The van der Waals surface area contributed by atoms with Gasteiger partial charge in [-0.05, 0) is 80.6 Å². The van der Waals surface area contributed by atoms with E-state index in [9.17, 15) is 0 Å². The highest BCUT2D eigenvalue weighted by Gasteiger charge is 2.15. The summed E-state index contributed by atoms with van der Waals surface area (Å²) in [6.07, 6.45) is 0. The van der Waals surface area contributed by atoms with Gasteiger partial charge in [0.25, 0.3) is 0 Å². The first-order valence-corrected chi connectivity index (χ1v) is 8.23. The summed E-state index contributed by atoms with van der Waals surface area (Å²) in [5.41, 5.74) is 4.12. The molecule has 0 heteroatoms. The Labute approximate surface area is 135 Å². The van der Waals surface area contributed by atoms with Crippen molar-refractivity contribution in [1.82, 2.24) is 0 Å². The second-order valence-corrected chi connectivity index (χ2v) is 6.75. The maximum absolute atomic E-state index is 2.38. The van der Waals surface area contributed by atoms with Gasteiger partial charge in [0.05, 0.1) is 0 Å². The second-order valence-electron chi connectivity index (χ2n) is 6.75. The quantitative estimate of drug-likeness (QED) is 0.221. The molecule has 0 atom stereocenters. The molecule has 0 heterocycles. The predicted octanol–water partition coefficient (Wildman–Crippen LogP) is 6.66. The van der Waals surface area contributed by atoms with Gasteiger partial charge in [0.15, 0.2) is 0 Å². The summed E-state index contributed by atoms with van der Waals surface area (Å²) in [7, 11) is 0. The Morgan fingerprint density at radius 1 is 0.478 bits per heavy atom. The highest BCUT2D eigenvalue weighted by atomic mass is 14.2. The van der Waals surface area contributed by atoms with Gasteiger partial charge in [-0.15, -0.1) is 0 Å². The summed E-state index contributed by atoms with van der Waals surface area (Å²) in [6.45, 7) is 6.67. The Kier molecular flexibility index (Phi) is 2.37. The Morgan fingerprint density at radius 3 is 1.83 bits per heavy atom. The number of hydrogen-bond acceptors (Lipinski definition) is 0. The van der Waals surface area contributed by atoms with Crippen LogP contribution in [0.1, 0.15) is 16.7 Å². The number of aryl methyl sites for hydroxylation is 3. The van der Waals surface area contributed by atoms with E-state index in [1.165, 1.54) is 59.8 Å². The largest absolute Gasteiger partial charge is 0.0610 e. The van der Waals surface area contributed by atoms with Crippen molar-refractivity contribution in [1.29, 1.82) is 0 Å². The fourth-order valence-corrected chi connectivity index (χ4v) is 4.20.